The number of anilines is 1. The van der Waals surface area contributed by atoms with Crippen LogP contribution in [0, 0.1) is 0 Å². The molecule has 1 N–H and O–H groups in total. The summed E-state index contributed by atoms with van der Waals surface area (Å²) < 4.78 is 0. The predicted molar refractivity (Wildman–Crippen MR) is 78.9 cm³/mol. The van der Waals surface area contributed by atoms with Gasteiger partial charge in [-0.1, -0.05) is 0 Å². The topological polar surface area (TPSA) is 69.7 Å². The molecule has 0 radical (unpaired) electrons. The van der Waals surface area contributed by atoms with E-state index in [-0.39, 0.29) is 17.7 Å². The van der Waals surface area contributed by atoms with Gasteiger partial charge in [-0.2, -0.15) is 0 Å². The van der Waals surface area contributed by atoms with Gasteiger partial charge in [0.2, 0.25) is 11.8 Å². The molecule has 0 bridgehead atoms. The predicted octanol–water partition coefficient (Wildman–Crippen LogP) is 0.949. The third-order valence-electron chi connectivity index (χ3n) is 3.46. The van der Waals surface area contributed by atoms with Crippen molar-refractivity contribution in [2.24, 2.45) is 0 Å². The zero-order valence-corrected chi connectivity index (χ0v) is 12.3. The summed E-state index contributed by atoms with van der Waals surface area (Å²) in [4.78, 5) is 38.0. The summed E-state index contributed by atoms with van der Waals surface area (Å²) in [5.41, 5.74) is 1.25. The zero-order valence-electron chi connectivity index (χ0n) is 12.3. The first kappa shape index (κ1) is 15.0. The van der Waals surface area contributed by atoms with Gasteiger partial charge < -0.3 is 15.1 Å². The monoisotopic (exact) mass is 289 g/mol. The van der Waals surface area contributed by atoms with Crippen LogP contribution in [0.25, 0.3) is 0 Å². The van der Waals surface area contributed by atoms with Crippen molar-refractivity contribution in [2.45, 2.75) is 13.8 Å². The molecule has 1 aromatic rings. The summed E-state index contributed by atoms with van der Waals surface area (Å²) in [6, 6.07) is 6.82. The van der Waals surface area contributed by atoms with Gasteiger partial charge in [0.1, 0.15) is 0 Å². The summed E-state index contributed by atoms with van der Waals surface area (Å²) in [7, 11) is 0. The average Bonchev–Trinajstić information content (AvgIpc) is 2.47. The van der Waals surface area contributed by atoms with Gasteiger partial charge >= 0.3 is 0 Å². The number of nitrogens with zero attached hydrogens (tertiary/aromatic N) is 2. The van der Waals surface area contributed by atoms with E-state index in [1.54, 1.807) is 34.1 Å². The largest absolute Gasteiger partial charge is 0.339 e. The standard InChI is InChI=1S/C15H19N3O3/c1-11(19)16-14-5-3-13(4-6-14)15(21)18-9-7-17(8-10-18)12(2)20/h3-6H,7-10H2,1-2H3,(H,16,19). The van der Waals surface area contributed by atoms with E-state index in [4.69, 9.17) is 0 Å². The third-order valence-corrected chi connectivity index (χ3v) is 3.46. The van der Waals surface area contributed by atoms with Gasteiger partial charge in [0.25, 0.3) is 5.91 Å². The van der Waals surface area contributed by atoms with Crippen LogP contribution in [0.5, 0.6) is 0 Å². The minimum atomic E-state index is -0.144. The summed E-state index contributed by atoms with van der Waals surface area (Å²) in [5, 5.41) is 2.66. The van der Waals surface area contributed by atoms with Gasteiger partial charge in [-0.15, -0.1) is 0 Å². The highest BCUT2D eigenvalue weighted by molar-refractivity contribution is 5.95. The summed E-state index contributed by atoms with van der Waals surface area (Å²) in [5.74, 6) is -0.149. The quantitative estimate of drug-likeness (QED) is 0.881. The molecule has 1 aromatic carbocycles. The molecule has 0 aromatic heterocycles. The maximum atomic E-state index is 12.3. The molecule has 21 heavy (non-hydrogen) atoms. The van der Waals surface area contributed by atoms with E-state index in [9.17, 15) is 14.4 Å². The van der Waals surface area contributed by atoms with E-state index in [1.807, 2.05) is 0 Å². The maximum absolute atomic E-state index is 12.3. The zero-order chi connectivity index (χ0) is 15.4. The van der Waals surface area contributed by atoms with E-state index in [1.165, 1.54) is 13.8 Å². The Morgan fingerprint density at radius 3 is 1.90 bits per heavy atom. The first-order valence-electron chi connectivity index (χ1n) is 6.90. The van der Waals surface area contributed by atoms with Crippen molar-refractivity contribution in [3.63, 3.8) is 0 Å². The van der Waals surface area contributed by atoms with E-state index in [0.29, 0.717) is 37.4 Å². The van der Waals surface area contributed by atoms with Crippen LogP contribution in [0.4, 0.5) is 5.69 Å². The molecule has 0 aliphatic carbocycles. The number of piperazine rings is 1. The molecule has 6 nitrogen and oxygen atoms in total. The molecular formula is C15H19N3O3. The van der Waals surface area contributed by atoms with Gasteiger partial charge in [-0.3, -0.25) is 14.4 Å². The normalized spacial score (nSPS) is 14.8. The average molecular weight is 289 g/mol. The molecule has 112 valence electrons. The number of amides is 3. The molecule has 1 aliphatic heterocycles. The molecule has 2 rings (SSSR count). The van der Waals surface area contributed by atoms with Crippen LogP contribution >= 0.6 is 0 Å². The summed E-state index contributed by atoms with van der Waals surface area (Å²) >= 11 is 0. The molecular weight excluding hydrogens is 270 g/mol. The second kappa shape index (κ2) is 6.39. The van der Waals surface area contributed by atoms with Crippen molar-refractivity contribution < 1.29 is 14.4 Å². The van der Waals surface area contributed by atoms with Crippen LogP contribution < -0.4 is 5.32 Å². The molecule has 1 aliphatic rings. The molecule has 3 amide bonds. The number of carbonyl (C=O) groups is 3. The van der Waals surface area contributed by atoms with Gasteiger partial charge in [-0.25, -0.2) is 0 Å². The number of carbonyl (C=O) groups excluding carboxylic acids is 3. The Balaban J connectivity index is 1.97. The van der Waals surface area contributed by atoms with Crippen LogP contribution in [0.15, 0.2) is 24.3 Å². The van der Waals surface area contributed by atoms with Crippen LogP contribution in [0.3, 0.4) is 0 Å². The third kappa shape index (κ3) is 3.81. The van der Waals surface area contributed by atoms with Crippen LogP contribution in [0.1, 0.15) is 24.2 Å². The van der Waals surface area contributed by atoms with Crippen LogP contribution in [-0.4, -0.2) is 53.7 Å². The molecule has 1 fully saturated rings. The Labute approximate surface area is 123 Å². The van der Waals surface area contributed by atoms with E-state index in [2.05, 4.69) is 5.32 Å². The Hall–Kier alpha value is -2.37. The second-order valence-corrected chi connectivity index (χ2v) is 5.06. The number of benzene rings is 1. The molecule has 0 unspecified atom stereocenters. The summed E-state index contributed by atoms with van der Waals surface area (Å²) in [6.45, 7) is 5.22. The van der Waals surface area contributed by atoms with E-state index < -0.39 is 0 Å². The van der Waals surface area contributed by atoms with Crippen molar-refractivity contribution >= 4 is 23.4 Å². The highest BCUT2D eigenvalue weighted by atomic mass is 16.2. The lowest BCUT2D eigenvalue weighted by Crippen LogP contribution is -2.50. The molecule has 0 spiro atoms. The smallest absolute Gasteiger partial charge is 0.253 e. The lowest BCUT2D eigenvalue weighted by atomic mass is 10.1. The van der Waals surface area contributed by atoms with Gasteiger partial charge in [-0.05, 0) is 24.3 Å². The van der Waals surface area contributed by atoms with Gasteiger partial charge in [0.15, 0.2) is 0 Å². The Kier molecular flexibility index (Phi) is 4.57. The Morgan fingerprint density at radius 2 is 1.43 bits per heavy atom. The minimum Gasteiger partial charge on any atom is -0.339 e. The van der Waals surface area contributed by atoms with Crippen molar-refractivity contribution in [2.75, 3.05) is 31.5 Å². The summed E-state index contributed by atoms with van der Waals surface area (Å²) in [6.07, 6.45) is 0. The number of hydrogen-bond donors (Lipinski definition) is 1. The SMILES string of the molecule is CC(=O)Nc1ccc(C(=O)N2CCN(C(C)=O)CC2)cc1. The van der Waals surface area contributed by atoms with E-state index >= 15 is 0 Å². The Bertz CT molecular complexity index is 546. The fraction of sp³-hybridized carbons (Fsp3) is 0.400. The Morgan fingerprint density at radius 1 is 0.905 bits per heavy atom. The van der Waals surface area contributed by atoms with Gasteiger partial charge in [0, 0.05) is 51.3 Å². The van der Waals surface area contributed by atoms with Crippen molar-refractivity contribution in [3.05, 3.63) is 29.8 Å². The fourth-order valence-electron chi connectivity index (χ4n) is 2.31. The maximum Gasteiger partial charge on any atom is 0.253 e. The fourth-order valence-corrected chi connectivity index (χ4v) is 2.31. The lowest BCUT2D eigenvalue weighted by Gasteiger charge is -2.34. The van der Waals surface area contributed by atoms with Crippen molar-refractivity contribution in [1.82, 2.24) is 9.80 Å². The number of nitrogens with one attached hydrogen (secondary N) is 1. The number of rotatable bonds is 2. The first-order chi connectivity index (χ1) is 9.97. The van der Waals surface area contributed by atoms with Gasteiger partial charge in [0.05, 0.1) is 0 Å². The highest BCUT2D eigenvalue weighted by Crippen LogP contribution is 2.13. The molecule has 1 saturated heterocycles. The molecule has 1 heterocycles. The molecule has 0 atom stereocenters. The molecule has 6 heteroatoms. The first-order valence-corrected chi connectivity index (χ1v) is 6.90. The highest BCUT2D eigenvalue weighted by Gasteiger charge is 2.23. The lowest BCUT2D eigenvalue weighted by molar-refractivity contribution is -0.130. The van der Waals surface area contributed by atoms with Crippen LogP contribution in [0.2, 0.25) is 0 Å². The van der Waals surface area contributed by atoms with Crippen LogP contribution in [-0.2, 0) is 9.59 Å². The van der Waals surface area contributed by atoms with E-state index in [0.717, 1.165) is 0 Å². The number of hydrogen-bond acceptors (Lipinski definition) is 3. The van der Waals surface area contributed by atoms with Crippen molar-refractivity contribution in [1.29, 1.82) is 0 Å². The second-order valence-electron chi connectivity index (χ2n) is 5.06. The molecule has 0 saturated carbocycles. The van der Waals surface area contributed by atoms with Crippen molar-refractivity contribution in [3.8, 4) is 0 Å². The minimum absolute atomic E-state index is 0.0433.